The van der Waals surface area contributed by atoms with Crippen LogP contribution < -0.4 is 4.90 Å². The first-order valence-electron chi connectivity index (χ1n) is 9.68. The van der Waals surface area contributed by atoms with Crippen molar-refractivity contribution in [2.75, 3.05) is 31.1 Å². The molecule has 1 saturated heterocycles. The van der Waals surface area contributed by atoms with E-state index in [-0.39, 0.29) is 5.91 Å². The first kappa shape index (κ1) is 18.6. The van der Waals surface area contributed by atoms with Gasteiger partial charge in [0.2, 0.25) is 5.91 Å². The Hall–Kier alpha value is -3.45. The fourth-order valence-corrected chi connectivity index (χ4v) is 4.24. The van der Waals surface area contributed by atoms with Gasteiger partial charge in [-0.1, -0.05) is 30.3 Å². The van der Waals surface area contributed by atoms with E-state index in [9.17, 15) is 4.79 Å². The van der Waals surface area contributed by atoms with Gasteiger partial charge in [0.15, 0.2) is 0 Å². The van der Waals surface area contributed by atoms with Crippen LogP contribution in [0.2, 0.25) is 5.02 Å². The Bertz CT molecular complexity index is 1280. The molecule has 0 saturated carbocycles. The van der Waals surface area contributed by atoms with Gasteiger partial charge in [0.1, 0.15) is 12.1 Å². The number of nitrogens with zero attached hydrogens (tertiary/aromatic N) is 5. The molecule has 1 aliphatic heterocycles. The van der Waals surface area contributed by atoms with Crippen LogP contribution in [0, 0.1) is 0 Å². The molecule has 0 spiro atoms. The third-order valence-electron chi connectivity index (χ3n) is 5.51. The summed E-state index contributed by atoms with van der Waals surface area (Å²) in [5.41, 5.74) is 4.48. The Morgan fingerprint density at radius 1 is 1.10 bits per heavy atom. The number of piperazine rings is 1. The van der Waals surface area contributed by atoms with Crippen molar-refractivity contribution in [3.05, 3.63) is 60.7 Å². The zero-order chi connectivity index (χ0) is 20.7. The Labute approximate surface area is 178 Å². The van der Waals surface area contributed by atoms with Crippen molar-refractivity contribution in [2.45, 2.75) is 0 Å². The molecule has 4 aromatic rings. The number of carbonyl (C=O) groups excluding carboxylic acids is 1. The first-order valence-corrected chi connectivity index (χ1v) is 10.1. The van der Waals surface area contributed by atoms with E-state index in [1.165, 1.54) is 6.08 Å². The summed E-state index contributed by atoms with van der Waals surface area (Å²) in [6, 6.07) is 9.88. The second-order valence-corrected chi connectivity index (χ2v) is 7.57. The molecule has 0 radical (unpaired) electrons. The van der Waals surface area contributed by atoms with Gasteiger partial charge < -0.3 is 14.8 Å². The minimum atomic E-state index is -0.0394. The van der Waals surface area contributed by atoms with Crippen molar-refractivity contribution in [2.24, 2.45) is 0 Å². The number of carbonyl (C=O) groups is 1. The van der Waals surface area contributed by atoms with Crippen LogP contribution in [0.15, 0.2) is 55.6 Å². The lowest BCUT2D eigenvalue weighted by atomic mass is 10.0. The summed E-state index contributed by atoms with van der Waals surface area (Å²) in [7, 11) is 0. The summed E-state index contributed by atoms with van der Waals surface area (Å²) in [6.45, 7) is 6.21. The van der Waals surface area contributed by atoms with Crippen LogP contribution in [0.4, 0.5) is 5.82 Å². The molecule has 1 fully saturated rings. The second kappa shape index (κ2) is 7.42. The number of imidazole rings is 1. The predicted molar refractivity (Wildman–Crippen MR) is 119 cm³/mol. The maximum Gasteiger partial charge on any atom is 0.246 e. The Kier molecular flexibility index (Phi) is 4.59. The number of benzene rings is 2. The highest BCUT2D eigenvalue weighted by Gasteiger charge is 2.22. The zero-order valence-electron chi connectivity index (χ0n) is 16.2. The highest BCUT2D eigenvalue weighted by molar-refractivity contribution is 6.34. The third-order valence-corrected chi connectivity index (χ3v) is 5.82. The fourth-order valence-electron chi connectivity index (χ4n) is 3.97. The van der Waals surface area contributed by atoms with Crippen LogP contribution >= 0.6 is 11.6 Å². The van der Waals surface area contributed by atoms with Crippen LogP contribution in [-0.2, 0) is 4.79 Å². The molecule has 150 valence electrons. The third kappa shape index (κ3) is 3.07. The largest absolute Gasteiger partial charge is 0.352 e. The van der Waals surface area contributed by atoms with Crippen LogP contribution in [0.3, 0.4) is 0 Å². The van der Waals surface area contributed by atoms with E-state index in [2.05, 4.69) is 31.4 Å². The van der Waals surface area contributed by atoms with E-state index < -0.39 is 0 Å². The van der Waals surface area contributed by atoms with E-state index in [1.807, 2.05) is 30.3 Å². The average molecular weight is 419 g/mol. The van der Waals surface area contributed by atoms with Crippen molar-refractivity contribution < 1.29 is 4.79 Å². The standard InChI is InChI=1S/C22H19ClN6O/c1-2-20(30)28-6-8-29(9-7-28)22-16-10-17(23)15(11-19(16)25-13-27-22)14-4-3-5-18-21(14)26-12-24-18/h2-5,10-13H,1,6-9H2,(H,24,26). The van der Waals surface area contributed by atoms with Crippen molar-refractivity contribution in [3.8, 4) is 11.1 Å². The predicted octanol–water partition coefficient (Wildman–Crippen LogP) is 3.66. The second-order valence-electron chi connectivity index (χ2n) is 7.17. The van der Waals surface area contributed by atoms with Gasteiger partial charge in [-0.2, -0.15) is 0 Å². The lowest BCUT2D eigenvalue weighted by molar-refractivity contribution is -0.126. The van der Waals surface area contributed by atoms with Crippen molar-refractivity contribution in [1.29, 1.82) is 0 Å². The number of rotatable bonds is 3. The molecule has 30 heavy (non-hydrogen) atoms. The average Bonchev–Trinajstić information content (AvgIpc) is 3.27. The first-order chi connectivity index (χ1) is 14.7. The Morgan fingerprint density at radius 3 is 2.73 bits per heavy atom. The maximum absolute atomic E-state index is 11.9. The van der Waals surface area contributed by atoms with E-state index in [1.54, 1.807) is 17.6 Å². The van der Waals surface area contributed by atoms with Crippen molar-refractivity contribution in [3.63, 3.8) is 0 Å². The van der Waals surface area contributed by atoms with E-state index >= 15 is 0 Å². The molecule has 0 bridgehead atoms. The number of para-hydroxylation sites is 1. The number of nitrogens with one attached hydrogen (secondary N) is 1. The number of H-pyrrole nitrogens is 1. The van der Waals surface area contributed by atoms with E-state index in [0.717, 1.165) is 38.9 Å². The Balaban J connectivity index is 1.54. The number of amides is 1. The monoisotopic (exact) mass is 418 g/mol. The number of aromatic nitrogens is 4. The summed E-state index contributed by atoms with van der Waals surface area (Å²) in [5, 5.41) is 1.51. The van der Waals surface area contributed by atoms with Gasteiger partial charge in [-0.25, -0.2) is 15.0 Å². The van der Waals surface area contributed by atoms with Gasteiger partial charge in [0, 0.05) is 47.7 Å². The van der Waals surface area contributed by atoms with Gasteiger partial charge in [0.25, 0.3) is 0 Å². The quantitative estimate of drug-likeness (QED) is 0.514. The topological polar surface area (TPSA) is 78.0 Å². The minimum Gasteiger partial charge on any atom is -0.352 e. The molecule has 8 heteroatoms. The van der Waals surface area contributed by atoms with Crippen LogP contribution in [-0.4, -0.2) is 56.9 Å². The molecular weight excluding hydrogens is 400 g/mol. The van der Waals surface area contributed by atoms with E-state index in [0.29, 0.717) is 31.2 Å². The summed E-state index contributed by atoms with van der Waals surface area (Å²) in [6.07, 6.45) is 4.61. The number of anilines is 1. The lowest BCUT2D eigenvalue weighted by Crippen LogP contribution is -2.48. The highest BCUT2D eigenvalue weighted by Crippen LogP contribution is 2.37. The van der Waals surface area contributed by atoms with Gasteiger partial charge >= 0.3 is 0 Å². The van der Waals surface area contributed by atoms with Gasteiger partial charge in [-0.15, -0.1) is 0 Å². The molecule has 2 aromatic heterocycles. The number of fused-ring (bicyclic) bond motifs is 2. The summed E-state index contributed by atoms with van der Waals surface area (Å²) in [4.78, 5) is 32.4. The molecule has 0 aliphatic carbocycles. The highest BCUT2D eigenvalue weighted by atomic mass is 35.5. The van der Waals surface area contributed by atoms with Crippen LogP contribution in [0.25, 0.3) is 33.1 Å². The smallest absolute Gasteiger partial charge is 0.246 e. The van der Waals surface area contributed by atoms with Crippen LogP contribution in [0.5, 0.6) is 0 Å². The molecular formula is C22H19ClN6O. The lowest BCUT2D eigenvalue weighted by Gasteiger charge is -2.35. The molecule has 3 heterocycles. The zero-order valence-corrected chi connectivity index (χ0v) is 16.9. The molecule has 7 nitrogen and oxygen atoms in total. The molecule has 0 unspecified atom stereocenters. The Morgan fingerprint density at radius 2 is 1.93 bits per heavy atom. The summed E-state index contributed by atoms with van der Waals surface area (Å²) >= 11 is 6.72. The van der Waals surface area contributed by atoms with Crippen LogP contribution in [0.1, 0.15) is 0 Å². The number of hydrogen-bond donors (Lipinski definition) is 1. The van der Waals surface area contributed by atoms with Crippen molar-refractivity contribution >= 4 is 45.3 Å². The van der Waals surface area contributed by atoms with Gasteiger partial charge in [-0.3, -0.25) is 4.79 Å². The molecule has 0 atom stereocenters. The minimum absolute atomic E-state index is 0.0394. The maximum atomic E-state index is 11.9. The molecule has 1 amide bonds. The van der Waals surface area contributed by atoms with Crippen molar-refractivity contribution in [1.82, 2.24) is 24.8 Å². The van der Waals surface area contributed by atoms with Gasteiger partial charge in [-0.05, 0) is 24.3 Å². The summed E-state index contributed by atoms with van der Waals surface area (Å²) < 4.78 is 0. The number of aromatic amines is 1. The van der Waals surface area contributed by atoms with E-state index in [4.69, 9.17) is 11.6 Å². The fraction of sp³-hybridized carbons (Fsp3) is 0.182. The van der Waals surface area contributed by atoms with Gasteiger partial charge in [0.05, 0.1) is 22.9 Å². The molecule has 5 rings (SSSR count). The molecule has 2 aromatic carbocycles. The SMILES string of the molecule is C=CC(=O)N1CCN(c2ncnc3cc(-c4cccc5[nH]cnc45)c(Cl)cc23)CC1. The summed E-state index contributed by atoms with van der Waals surface area (Å²) in [5.74, 6) is 0.791. The number of hydrogen-bond acceptors (Lipinski definition) is 5. The molecule has 1 aliphatic rings. The molecule has 1 N–H and O–H groups in total. The number of halogens is 1. The normalized spacial score (nSPS) is 14.4.